The number of sulfone groups is 1. The smallest absolute Gasteiger partial charge is 0.150 e. The zero-order chi connectivity index (χ0) is 14.9. The van der Waals surface area contributed by atoms with Crippen molar-refractivity contribution in [3.05, 3.63) is 29.3 Å². The third kappa shape index (κ3) is 3.09. The predicted molar refractivity (Wildman–Crippen MR) is 83.4 cm³/mol. The Labute approximate surface area is 126 Å². The predicted octanol–water partition coefficient (Wildman–Crippen LogP) is 2.10. The summed E-state index contributed by atoms with van der Waals surface area (Å²) < 4.78 is 29.5. The molecular weight excluding hydrogens is 286 g/mol. The van der Waals surface area contributed by atoms with Gasteiger partial charge in [-0.2, -0.15) is 0 Å². The van der Waals surface area contributed by atoms with Crippen LogP contribution in [0, 0.1) is 5.92 Å². The topological polar surface area (TPSA) is 55.4 Å². The Bertz CT molecular complexity index is 612. The first-order chi connectivity index (χ1) is 10.1. The monoisotopic (exact) mass is 309 g/mol. The van der Waals surface area contributed by atoms with Crippen LogP contribution in [0.3, 0.4) is 0 Å². The van der Waals surface area contributed by atoms with Crippen molar-refractivity contribution in [2.45, 2.75) is 32.2 Å². The summed E-state index contributed by atoms with van der Waals surface area (Å²) in [6.45, 7) is 3.75. The summed E-state index contributed by atoms with van der Waals surface area (Å²) in [6, 6.07) is 6.33. The Balaban J connectivity index is 1.91. The maximum absolute atomic E-state index is 11.8. The van der Waals surface area contributed by atoms with Crippen LogP contribution in [-0.2, 0) is 16.3 Å². The Kier molecular flexibility index (Phi) is 4.22. The fraction of sp³-hybridized carbons (Fsp3) is 0.625. The molecule has 1 aromatic rings. The van der Waals surface area contributed by atoms with Gasteiger partial charge in [0.1, 0.15) is 5.75 Å². The molecular formula is C16H23NO3S. The lowest BCUT2D eigenvalue weighted by Crippen LogP contribution is -2.30. The van der Waals surface area contributed by atoms with Gasteiger partial charge in [-0.15, -0.1) is 0 Å². The molecule has 2 atom stereocenters. The second-order valence-corrected chi connectivity index (χ2v) is 8.26. The number of ether oxygens (including phenoxy) is 1. The highest BCUT2D eigenvalue weighted by Crippen LogP contribution is 2.39. The normalized spacial score (nSPS) is 24.5. The second-order valence-electron chi connectivity index (χ2n) is 6.03. The molecule has 5 heteroatoms. The van der Waals surface area contributed by atoms with E-state index in [1.54, 1.807) is 0 Å². The number of nitrogens with one attached hydrogen (secondary N) is 1. The molecule has 2 heterocycles. The maximum Gasteiger partial charge on any atom is 0.150 e. The number of para-hydroxylation sites is 1. The van der Waals surface area contributed by atoms with Crippen LogP contribution in [0.2, 0.25) is 0 Å². The molecule has 0 saturated carbocycles. The fourth-order valence-electron chi connectivity index (χ4n) is 3.40. The lowest BCUT2D eigenvalue weighted by molar-refractivity contribution is 0.333. The van der Waals surface area contributed by atoms with Crippen LogP contribution in [0.1, 0.15) is 36.9 Å². The van der Waals surface area contributed by atoms with Crippen molar-refractivity contribution in [1.29, 1.82) is 0 Å². The SMILES string of the molecule is CCCNC(c1cccc2c1OCC2)C1CCS(=O)(=O)C1. The van der Waals surface area contributed by atoms with Crippen molar-refractivity contribution < 1.29 is 13.2 Å². The van der Waals surface area contributed by atoms with Gasteiger partial charge in [0.05, 0.1) is 18.1 Å². The van der Waals surface area contributed by atoms with E-state index in [2.05, 4.69) is 30.4 Å². The van der Waals surface area contributed by atoms with E-state index in [1.807, 2.05) is 0 Å². The number of benzene rings is 1. The highest BCUT2D eigenvalue weighted by molar-refractivity contribution is 7.91. The van der Waals surface area contributed by atoms with Gasteiger partial charge >= 0.3 is 0 Å². The van der Waals surface area contributed by atoms with Crippen molar-refractivity contribution in [1.82, 2.24) is 5.32 Å². The molecule has 2 aliphatic heterocycles. The Morgan fingerprint density at radius 2 is 2.29 bits per heavy atom. The van der Waals surface area contributed by atoms with Crippen LogP contribution >= 0.6 is 0 Å². The number of hydrogen-bond donors (Lipinski definition) is 1. The van der Waals surface area contributed by atoms with Crippen LogP contribution < -0.4 is 10.1 Å². The van der Waals surface area contributed by atoms with Crippen molar-refractivity contribution in [2.24, 2.45) is 5.92 Å². The summed E-state index contributed by atoms with van der Waals surface area (Å²) in [5, 5.41) is 3.55. The van der Waals surface area contributed by atoms with Gasteiger partial charge in [0.2, 0.25) is 0 Å². The summed E-state index contributed by atoms with van der Waals surface area (Å²) in [5.41, 5.74) is 2.39. The largest absolute Gasteiger partial charge is 0.493 e. The molecule has 4 nitrogen and oxygen atoms in total. The number of rotatable bonds is 5. The van der Waals surface area contributed by atoms with E-state index < -0.39 is 9.84 Å². The summed E-state index contributed by atoms with van der Waals surface area (Å²) in [5.74, 6) is 1.74. The molecule has 116 valence electrons. The molecule has 0 aromatic heterocycles. The lowest BCUT2D eigenvalue weighted by Gasteiger charge is -2.26. The zero-order valence-corrected chi connectivity index (χ0v) is 13.3. The molecule has 1 fully saturated rings. The summed E-state index contributed by atoms with van der Waals surface area (Å²) in [6.07, 6.45) is 2.73. The molecule has 0 radical (unpaired) electrons. The van der Waals surface area contributed by atoms with Crippen LogP contribution in [0.15, 0.2) is 18.2 Å². The molecule has 0 bridgehead atoms. The molecule has 0 aliphatic carbocycles. The Morgan fingerprint density at radius 1 is 1.43 bits per heavy atom. The molecule has 2 unspecified atom stereocenters. The van der Waals surface area contributed by atoms with Gasteiger partial charge in [0, 0.05) is 18.0 Å². The van der Waals surface area contributed by atoms with Crippen molar-refractivity contribution >= 4 is 9.84 Å². The van der Waals surface area contributed by atoms with Crippen molar-refractivity contribution in [2.75, 3.05) is 24.7 Å². The first kappa shape index (κ1) is 14.9. The van der Waals surface area contributed by atoms with Crippen molar-refractivity contribution in [3.63, 3.8) is 0 Å². The minimum Gasteiger partial charge on any atom is -0.493 e. The van der Waals surface area contributed by atoms with E-state index in [9.17, 15) is 8.42 Å². The molecule has 0 spiro atoms. The average Bonchev–Trinajstić information content (AvgIpc) is 3.06. The number of hydrogen-bond acceptors (Lipinski definition) is 4. The molecule has 2 aliphatic rings. The van der Waals surface area contributed by atoms with Gasteiger partial charge in [-0.1, -0.05) is 25.1 Å². The highest BCUT2D eigenvalue weighted by Gasteiger charge is 2.36. The first-order valence-electron chi connectivity index (χ1n) is 7.79. The molecule has 1 saturated heterocycles. The van der Waals surface area contributed by atoms with E-state index in [0.29, 0.717) is 5.75 Å². The average molecular weight is 309 g/mol. The zero-order valence-electron chi connectivity index (χ0n) is 12.5. The molecule has 21 heavy (non-hydrogen) atoms. The van der Waals surface area contributed by atoms with E-state index in [0.717, 1.165) is 43.7 Å². The Hall–Kier alpha value is -1.07. The quantitative estimate of drug-likeness (QED) is 0.905. The lowest BCUT2D eigenvalue weighted by atomic mass is 9.90. The summed E-state index contributed by atoms with van der Waals surface area (Å²) in [7, 11) is -2.87. The highest BCUT2D eigenvalue weighted by atomic mass is 32.2. The third-order valence-corrected chi connectivity index (χ3v) is 6.23. The summed E-state index contributed by atoms with van der Waals surface area (Å²) >= 11 is 0. The van der Waals surface area contributed by atoms with Gasteiger partial charge < -0.3 is 10.1 Å². The minimum absolute atomic E-state index is 0.0790. The van der Waals surface area contributed by atoms with E-state index in [-0.39, 0.29) is 17.7 Å². The van der Waals surface area contributed by atoms with Crippen LogP contribution in [-0.4, -0.2) is 33.1 Å². The van der Waals surface area contributed by atoms with Gasteiger partial charge in [-0.05, 0) is 30.9 Å². The summed E-state index contributed by atoms with van der Waals surface area (Å²) in [4.78, 5) is 0. The maximum atomic E-state index is 11.8. The van der Waals surface area contributed by atoms with Gasteiger partial charge in [-0.25, -0.2) is 8.42 Å². The standard InChI is InChI=1S/C16H23NO3S/c1-2-8-17-15(13-7-10-21(18,19)11-13)14-5-3-4-12-6-9-20-16(12)14/h3-5,13,15,17H,2,6-11H2,1H3. The minimum atomic E-state index is -2.87. The fourth-order valence-corrected chi connectivity index (χ4v) is 5.24. The molecule has 1 N–H and O–H groups in total. The molecule has 1 aromatic carbocycles. The molecule has 0 amide bonds. The van der Waals surface area contributed by atoms with Gasteiger partial charge in [0.15, 0.2) is 9.84 Å². The second kappa shape index (κ2) is 5.97. The van der Waals surface area contributed by atoms with Crippen LogP contribution in [0.5, 0.6) is 5.75 Å². The third-order valence-electron chi connectivity index (χ3n) is 4.43. The number of fused-ring (bicyclic) bond motifs is 1. The van der Waals surface area contributed by atoms with Crippen LogP contribution in [0.4, 0.5) is 0 Å². The van der Waals surface area contributed by atoms with Gasteiger partial charge in [0.25, 0.3) is 0 Å². The van der Waals surface area contributed by atoms with Gasteiger partial charge in [-0.3, -0.25) is 0 Å². The van der Waals surface area contributed by atoms with E-state index in [4.69, 9.17) is 4.74 Å². The van der Waals surface area contributed by atoms with Crippen molar-refractivity contribution in [3.8, 4) is 5.75 Å². The van der Waals surface area contributed by atoms with Crippen LogP contribution in [0.25, 0.3) is 0 Å². The molecule has 3 rings (SSSR count). The first-order valence-corrected chi connectivity index (χ1v) is 9.61. The van der Waals surface area contributed by atoms with E-state index >= 15 is 0 Å². The Morgan fingerprint density at radius 3 is 3.00 bits per heavy atom. The van der Waals surface area contributed by atoms with E-state index in [1.165, 1.54) is 5.56 Å².